The van der Waals surface area contributed by atoms with E-state index in [-0.39, 0.29) is 11.1 Å². The summed E-state index contributed by atoms with van der Waals surface area (Å²) in [7, 11) is 0. The van der Waals surface area contributed by atoms with Crippen molar-refractivity contribution in [2.75, 3.05) is 0 Å². The van der Waals surface area contributed by atoms with E-state index in [0.717, 1.165) is 17.7 Å². The predicted octanol–water partition coefficient (Wildman–Crippen LogP) is 3.70. The molecule has 2 rings (SSSR count). The number of benzene rings is 2. The molecule has 90 valence electrons. The Labute approximate surface area is 103 Å². The van der Waals surface area contributed by atoms with E-state index in [1.807, 2.05) is 18.2 Å². The van der Waals surface area contributed by atoms with E-state index in [0.29, 0.717) is 6.29 Å². The minimum atomic E-state index is -0.746. The topological polar surface area (TPSA) is 17.1 Å². The summed E-state index contributed by atoms with van der Waals surface area (Å²) in [5.74, 6) is -1.41. The van der Waals surface area contributed by atoms with Crippen molar-refractivity contribution < 1.29 is 13.6 Å². The third kappa shape index (κ3) is 2.69. The highest BCUT2D eigenvalue weighted by Gasteiger charge is 2.08. The molecule has 0 atom stereocenters. The van der Waals surface area contributed by atoms with Gasteiger partial charge >= 0.3 is 0 Å². The van der Waals surface area contributed by atoms with Gasteiger partial charge in [-0.25, -0.2) is 8.78 Å². The van der Waals surface area contributed by atoms with Crippen LogP contribution in [0.5, 0.6) is 0 Å². The molecule has 0 spiro atoms. The Bertz CT molecular complexity index is 589. The van der Waals surface area contributed by atoms with Gasteiger partial charge in [0.1, 0.15) is 11.6 Å². The highest BCUT2D eigenvalue weighted by Crippen LogP contribution is 2.20. The fraction of sp³-hybridized carbons (Fsp3) is 0. The number of halogens is 2. The Kier molecular flexibility index (Phi) is 3.63. The molecule has 3 heteroatoms. The molecule has 0 radical (unpaired) electrons. The van der Waals surface area contributed by atoms with Gasteiger partial charge in [0.2, 0.25) is 0 Å². The summed E-state index contributed by atoms with van der Waals surface area (Å²) in [4.78, 5) is 11.0. The Hall–Kier alpha value is -2.29. The minimum absolute atomic E-state index is 0.0928. The first kappa shape index (κ1) is 12.2. The molecular formula is C15H10F2O. The van der Waals surface area contributed by atoms with Crippen LogP contribution < -0.4 is 0 Å². The van der Waals surface area contributed by atoms with Crippen LogP contribution in [-0.2, 0) is 4.79 Å². The molecule has 0 fully saturated rings. The summed E-state index contributed by atoms with van der Waals surface area (Å²) < 4.78 is 26.3. The first-order valence-electron chi connectivity index (χ1n) is 5.38. The maximum Gasteiger partial charge on any atom is 0.150 e. The number of carbonyl (C=O) groups is 1. The van der Waals surface area contributed by atoms with Crippen molar-refractivity contribution in [1.29, 1.82) is 0 Å². The van der Waals surface area contributed by atoms with Gasteiger partial charge in [0.15, 0.2) is 6.29 Å². The molecule has 0 aliphatic carbocycles. The van der Waals surface area contributed by atoms with Crippen molar-refractivity contribution in [2.45, 2.75) is 0 Å². The highest BCUT2D eigenvalue weighted by atomic mass is 19.1. The zero-order valence-electron chi connectivity index (χ0n) is 9.44. The summed E-state index contributed by atoms with van der Waals surface area (Å²) in [5, 5.41) is 0. The van der Waals surface area contributed by atoms with Gasteiger partial charge in [-0.2, -0.15) is 0 Å². The average molecular weight is 244 g/mol. The first-order valence-corrected chi connectivity index (χ1v) is 5.38. The van der Waals surface area contributed by atoms with Crippen LogP contribution in [-0.4, -0.2) is 6.29 Å². The van der Waals surface area contributed by atoms with Crippen LogP contribution in [0.4, 0.5) is 8.78 Å². The molecule has 0 saturated heterocycles. The predicted molar refractivity (Wildman–Crippen MR) is 66.7 cm³/mol. The fourth-order valence-electron chi connectivity index (χ4n) is 1.63. The van der Waals surface area contributed by atoms with Crippen molar-refractivity contribution in [3.05, 3.63) is 71.3 Å². The number of hydrogen-bond acceptors (Lipinski definition) is 1. The van der Waals surface area contributed by atoms with E-state index in [2.05, 4.69) is 0 Å². The monoisotopic (exact) mass is 244 g/mol. The Morgan fingerprint density at radius 1 is 1.00 bits per heavy atom. The molecule has 0 amide bonds. The SMILES string of the molecule is O=C/C(=C\c1ccccc1)c1ccc(F)cc1F. The first-order chi connectivity index (χ1) is 8.70. The minimum Gasteiger partial charge on any atom is -0.298 e. The van der Waals surface area contributed by atoms with Crippen LogP contribution in [0.25, 0.3) is 11.6 Å². The standard InChI is InChI=1S/C15H10F2O/c16-13-6-7-14(15(17)9-13)12(10-18)8-11-4-2-1-3-5-11/h1-10H/b12-8+. The molecule has 0 bridgehead atoms. The number of rotatable bonds is 3. The van der Waals surface area contributed by atoms with Gasteiger partial charge in [0.05, 0.1) is 0 Å². The number of allylic oxidation sites excluding steroid dienone is 1. The Morgan fingerprint density at radius 3 is 2.33 bits per heavy atom. The van der Waals surface area contributed by atoms with E-state index in [4.69, 9.17) is 0 Å². The lowest BCUT2D eigenvalue weighted by Gasteiger charge is -2.03. The van der Waals surface area contributed by atoms with E-state index in [1.165, 1.54) is 6.07 Å². The van der Waals surface area contributed by atoms with E-state index in [9.17, 15) is 13.6 Å². The summed E-state index contributed by atoms with van der Waals surface area (Å²) >= 11 is 0. The number of aldehydes is 1. The molecule has 0 aliphatic heterocycles. The van der Waals surface area contributed by atoms with Gasteiger partial charge in [0.25, 0.3) is 0 Å². The van der Waals surface area contributed by atoms with Crippen molar-refractivity contribution in [2.24, 2.45) is 0 Å². The lowest BCUT2D eigenvalue weighted by Crippen LogP contribution is -1.92. The van der Waals surface area contributed by atoms with Crippen molar-refractivity contribution in [1.82, 2.24) is 0 Å². The second-order valence-electron chi connectivity index (χ2n) is 3.75. The van der Waals surface area contributed by atoms with Crippen LogP contribution in [0.1, 0.15) is 11.1 Å². The summed E-state index contributed by atoms with van der Waals surface area (Å²) in [6, 6.07) is 12.2. The fourth-order valence-corrected chi connectivity index (χ4v) is 1.63. The third-order valence-electron chi connectivity index (χ3n) is 2.49. The molecule has 0 saturated carbocycles. The van der Waals surface area contributed by atoms with Crippen LogP contribution in [0.3, 0.4) is 0 Å². The van der Waals surface area contributed by atoms with Crippen molar-refractivity contribution >= 4 is 17.9 Å². The lowest BCUT2D eigenvalue weighted by molar-refractivity contribution is -0.103. The second kappa shape index (κ2) is 5.36. The van der Waals surface area contributed by atoms with Crippen molar-refractivity contribution in [3.63, 3.8) is 0 Å². The number of hydrogen-bond donors (Lipinski definition) is 0. The lowest BCUT2D eigenvalue weighted by atomic mass is 10.0. The molecule has 2 aromatic rings. The highest BCUT2D eigenvalue weighted by molar-refractivity contribution is 6.13. The Balaban J connectivity index is 2.46. The molecule has 0 N–H and O–H groups in total. The van der Waals surface area contributed by atoms with Gasteiger partial charge in [-0.15, -0.1) is 0 Å². The van der Waals surface area contributed by atoms with Crippen LogP contribution >= 0.6 is 0 Å². The number of carbonyl (C=O) groups excluding carboxylic acids is 1. The summed E-state index contributed by atoms with van der Waals surface area (Å²) in [6.07, 6.45) is 2.12. The molecule has 2 aromatic carbocycles. The molecule has 1 nitrogen and oxygen atoms in total. The smallest absolute Gasteiger partial charge is 0.150 e. The van der Waals surface area contributed by atoms with E-state index < -0.39 is 11.6 Å². The zero-order chi connectivity index (χ0) is 13.0. The largest absolute Gasteiger partial charge is 0.298 e. The van der Waals surface area contributed by atoms with Gasteiger partial charge < -0.3 is 0 Å². The maximum atomic E-state index is 13.6. The summed E-state index contributed by atoms with van der Waals surface area (Å²) in [6.45, 7) is 0. The molecule has 0 aromatic heterocycles. The van der Waals surface area contributed by atoms with Gasteiger partial charge in [0, 0.05) is 17.2 Å². The van der Waals surface area contributed by atoms with E-state index in [1.54, 1.807) is 18.2 Å². The summed E-state index contributed by atoms with van der Waals surface area (Å²) in [5.41, 5.74) is 1.05. The van der Waals surface area contributed by atoms with Crippen molar-refractivity contribution in [3.8, 4) is 0 Å². The quantitative estimate of drug-likeness (QED) is 0.457. The third-order valence-corrected chi connectivity index (χ3v) is 2.49. The van der Waals surface area contributed by atoms with E-state index >= 15 is 0 Å². The normalized spacial score (nSPS) is 11.3. The molecule has 0 aliphatic rings. The van der Waals surface area contributed by atoms with Gasteiger partial charge in [-0.3, -0.25) is 4.79 Å². The molecule has 18 heavy (non-hydrogen) atoms. The molecular weight excluding hydrogens is 234 g/mol. The average Bonchev–Trinajstić information content (AvgIpc) is 2.38. The Morgan fingerprint density at radius 2 is 1.72 bits per heavy atom. The molecule has 0 unspecified atom stereocenters. The van der Waals surface area contributed by atoms with Gasteiger partial charge in [-0.1, -0.05) is 30.3 Å². The maximum absolute atomic E-state index is 13.6. The second-order valence-corrected chi connectivity index (χ2v) is 3.75. The van der Waals surface area contributed by atoms with Crippen LogP contribution in [0, 0.1) is 11.6 Å². The molecule has 0 heterocycles. The van der Waals surface area contributed by atoms with Crippen LogP contribution in [0.2, 0.25) is 0 Å². The zero-order valence-corrected chi connectivity index (χ0v) is 9.44. The van der Waals surface area contributed by atoms with Gasteiger partial charge in [-0.05, 0) is 23.8 Å². The van der Waals surface area contributed by atoms with Crippen LogP contribution in [0.15, 0.2) is 48.5 Å².